The highest BCUT2D eigenvalue weighted by molar-refractivity contribution is 6.08. The maximum absolute atomic E-state index is 12.0. The maximum Gasteiger partial charge on any atom is 0.263 e. The molecule has 1 aromatic carbocycles. The predicted octanol–water partition coefficient (Wildman–Crippen LogP) is 1.83. The number of nitrogens with zero attached hydrogens (tertiary/aromatic N) is 1. The Morgan fingerprint density at radius 2 is 2.17 bits per heavy atom. The first-order chi connectivity index (χ1) is 8.63. The second-order valence-electron chi connectivity index (χ2n) is 3.66. The summed E-state index contributed by atoms with van der Waals surface area (Å²) in [6, 6.07) is 7.09. The smallest absolute Gasteiger partial charge is 0.263 e. The summed E-state index contributed by atoms with van der Waals surface area (Å²) in [5.74, 6) is 0.189. The van der Waals surface area contributed by atoms with Gasteiger partial charge in [-0.2, -0.15) is 0 Å². The van der Waals surface area contributed by atoms with Crippen LogP contribution < -0.4 is 15.8 Å². The number of ether oxygens (including phenoxy) is 1. The molecule has 0 radical (unpaired) electrons. The molecule has 2 aromatic rings. The fourth-order valence-electron chi connectivity index (χ4n) is 1.60. The van der Waals surface area contributed by atoms with Crippen LogP contribution in [0.2, 0.25) is 0 Å². The zero-order chi connectivity index (χ0) is 13.1. The number of nitrogens with two attached hydrogens (primary N) is 1. The number of hydrogen-bond donors (Lipinski definition) is 2. The van der Waals surface area contributed by atoms with E-state index in [9.17, 15) is 4.79 Å². The number of carbonyl (C=O) groups is 1. The van der Waals surface area contributed by atoms with Crippen LogP contribution >= 0.6 is 0 Å². The van der Waals surface area contributed by atoms with Crippen molar-refractivity contribution in [2.24, 2.45) is 0 Å². The number of aromatic nitrogens is 1. The Morgan fingerprint density at radius 1 is 1.44 bits per heavy atom. The van der Waals surface area contributed by atoms with Crippen LogP contribution in [0.5, 0.6) is 5.75 Å². The van der Waals surface area contributed by atoms with Gasteiger partial charge in [0.25, 0.3) is 5.91 Å². The van der Waals surface area contributed by atoms with Gasteiger partial charge in [0.2, 0.25) is 5.88 Å². The number of rotatable bonds is 3. The molecule has 0 atom stereocenters. The highest BCUT2D eigenvalue weighted by Crippen LogP contribution is 2.25. The lowest BCUT2D eigenvalue weighted by atomic mass is 10.2. The molecule has 0 bridgehead atoms. The first kappa shape index (κ1) is 12.0. The van der Waals surface area contributed by atoms with E-state index in [1.54, 1.807) is 25.1 Å². The third-order valence-corrected chi connectivity index (χ3v) is 2.47. The number of nitrogen functional groups attached to an aromatic ring is 1. The zero-order valence-electron chi connectivity index (χ0n) is 10.1. The summed E-state index contributed by atoms with van der Waals surface area (Å²) in [5.41, 5.74) is 6.79. The lowest BCUT2D eigenvalue weighted by Crippen LogP contribution is -2.14. The molecule has 94 valence electrons. The molecule has 0 saturated carbocycles. The molecule has 1 heterocycles. The summed E-state index contributed by atoms with van der Waals surface area (Å²) in [6.45, 7) is 1.65. The van der Waals surface area contributed by atoms with Gasteiger partial charge in [0.05, 0.1) is 18.5 Å². The monoisotopic (exact) mass is 247 g/mol. The number of methoxy groups -OCH3 is 1. The highest BCUT2D eigenvalue weighted by Gasteiger charge is 2.19. The molecule has 18 heavy (non-hydrogen) atoms. The minimum absolute atomic E-state index is 0.0000945. The largest absolute Gasteiger partial charge is 0.495 e. The second-order valence-corrected chi connectivity index (χ2v) is 3.66. The van der Waals surface area contributed by atoms with Crippen LogP contribution in [0.3, 0.4) is 0 Å². The molecule has 0 spiro atoms. The standard InChI is InChI=1S/C12H13N3O3/c1-7-10(11(13)18-15-7)12(16)14-8-5-3-4-6-9(8)17-2/h3-6H,13H2,1-2H3,(H,14,16). The van der Waals surface area contributed by atoms with Crippen LogP contribution in [0.1, 0.15) is 16.1 Å². The predicted molar refractivity (Wildman–Crippen MR) is 66.6 cm³/mol. The quantitative estimate of drug-likeness (QED) is 0.863. The minimum Gasteiger partial charge on any atom is -0.495 e. The van der Waals surface area contributed by atoms with E-state index in [0.29, 0.717) is 17.1 Å². The summed E-state index contributed by atoms with van der Waals surface area (Å²) < 4.78 is 9.89. The molecular weight excluding hydrogens is 234 g/mol. The Kier molecular flexibility index (Phi) is 3.18. The van der Waals surface area contributed by atoms with Gasteiger partial charge in [-0.1, -0.05) is 17.3 Å². The third-order valence-electron chi connectivity index (χ3n) is 2.47. The Labute approximate surface area is 104 Å². The normalized spacial score (nSPS) is 10.1. The van der Waals surface area contributed by atoms with Crippen molar-refractivity contribution in [1.82, 2.24) is 5.16 Å². The minimum atomic E-state index is -0.379. The molecular formula is C12H13N3O3. The van der Waals surface area contributed by atoms with E-state index < -0.39 is 0 Å². The Balaban J connectivity index is 2.27. The van der Waals surface area contributed by atoms with Gasteiger partial charge in [0.1, 0.15) is 11.3 Å². The number of amides is 1. The molecule has 1 amide bonds. The van der Waals surface area contributed by atoms with Crippen LogP contribution in [-0.4, -0.2) is 18.2 Å². The molecule has 0 saturated heterocycles. The van der Waals surface area contributed by atoms with Crippen molar-refractivity contribution in [3.05, 3.63) is 35.5 Å². The molecule has 6 nitrogen and oxygen atoms in total. The maximum atomic E-state index is 12.0. The summed E-state index contributed by atoms with van der Waals surface area (Å²) in [6.07, 6.45) is 0. The summed E-state index contributed by atoms with van der Waals surface area (Å²) in [7, 11) is 1.53. The third kappa shape index (κ3) is 2.13. The zero-order valence-corrected chi connectivity index (χ0v) is 10.1. The first-order valence-electron chi connectivity index (χ1n) is 5.29. The topological polar surface area (TPSA) is 90.4 Å². The van der Waals surface area contributed by atoms with Crippen molar-refractivity contribution in [3.8, 4) is 5.75 Å². The van der Waals surface area contributed by atoms with Crippen LogP contribution in [0.25, 0.3) is 0 Å². The van der Waals surface area contributed by atoms with Gasteiger partial charge in [-0.25, -0.2) is 0 Å². The van der Waals surface area contributed by atoms with E-state index in [4.69, 9.17) is 15.0 Å². The number of hydrogen-bond acceptors (Lipinski definition) is 5. The lowest BCUT2D eigenvalue weighted by Gasteiger charge is -2.09. The molecule has 1 aromatic heterocycles. The van der Waals surface area contributed by atoms with Crippen molar-refractivity contribution < 1.29 is 14.1 Å². The average Bonchev–Trinajstić information content (AvgIpc) is 2.69. The Morgan fingerprint density at radius 3 is 2.78 bits per heavy atom. The molecule has 0 unspecified atom stereocenters. The number of nitrogens with one attached hydrogen (secondary N) is 1. The first-order valence-corrected chi connectivity index (χ1v) is 5.29. The second kappa shape index (κ2) is 4.79. The molecule has 0 aliphatic heterocycles. The van der Waals surface area contributed by atoms with Crippen molar-refractivity contribution >= 4 is 17.5 Å². The highest BCUT2D eigenvalue weighted by atomic mass is 16.5. The van der Waals surface area contributed by atoms with Gasteiger partial charge in [-0.15, -0.1) is 0 Å². The SMILES string of the molecule is COc1ccccc1NC(=O)c1c(C)noc1N. The van der Waals surface area contributed by atoms with Crippen LogP contribution in [0, 0.1) is 6.92 Å². The number of aryl methyl sites for hydroxylation is 1. The van der Waals surface area contributed by atoms with E-state index >= 15 is 0 Å². The van der Waals surface area contributed by atoms with Gasteiger partial charge in [-0.3, -0.25) is 4.79 Å². The van der Waals surface area contributed by atoms with Crippen LogP contribution in [0.15, 0.2) is 28.8 Å². The van der Waals surface area contributed by atoms with Crippen molar-refractivity contribution in [1.29, 1.82) is 0 Å². The molecule has 6 heteroatoms. The van der Waals surface area contributed by atoms with Crippen LogP contribution in [-0.2, 0) is 0 Å². The van der Waals surface area contributed by atoms with Gasteiger partial charge in [0.15, 0.2) is 0 Å². The van der Waals surface area contributed by atoms with Crippen LogP contribution in [0.4, 0.5) is 11.6 Å². The molecule has 0 aliphatic rings. The van der Waals surface area contributed by atoms with E-state index in [1.807, 2.05) is 6.07 Å². The molecule has 0 fully saturated rings. The van der Waals surface area contributed by atoms with Crippen molar-refractivity contribution in [2.45, 2.75) is 6.92 Å². The Hall–Kier alpha value is -2.50. The van der Waals surface area contributed by atoms with Gasteiger partial charge in [0, 0.05) is 0 Å². The van der Waals surface area contributed by atoms with Crippen molar-refractivity contribution in [3.63, 3.8) is 0 Å². The molecule has 2 rings (SSSR count). The van der Waals surface area contributed by atoms with E-state index in [0.717, 1.165) is 0 Å². The summed E-state index contributed by atoms with van der Waals surface area (Å²) in [5, 5.41) is 6.33. The number of para-hydroxylation sites is 2. The summed E-state index contributed by atoms with van der Waals surface area (Å²) >= 11 is 0. The summed E-state index contributed by atoms with van der Waals surface area (Å²) in [4.78, 5) is 12.0. The molecule has 0 aliphatic carbocycles. The fraction of sp³-hybridized carbons (Fsp3) is 0.167. The van der Waals surface area contributed by atoms with E-state index in [2.05, 4.69) is 10.5 Å². The lowest BCUT2D eigenvalue weighted by molar-refractivity contribution is 0.102. The van der Waals surface area contributed by atoms with Crippen molar-refractivity contribution in [2.75, 3.05) is 18.2 Å². The van der Waals surface area contributed by atoms with E-state index in [-0.39, 0.29) is 17.4 Å². The number of anilines is 2. The number of benzene rings is 1. The number of carbonyl (C=O) groups excluding carboxylic acids is 1. The fourth-order valence-corrected chi connectivity index (χ4v) is 1.60. The molecule has 3 N–H and O–H groups in total. The van der Waals surface area contributed by atoms with Gasteiger partial charge >= 0.3 is 0 Å². The average molecular weight is 247 g/mol. The van der Waals surface area contributed by atoms with E-state index in [1.165, 1.54) is 7.11 Å². The Bertz CT molecular complexity index is 558. The van der Waals surface area contributed by atoms with Gasteiger partial charge < -0.3 is 20.3 Å². The van der Waals surface area contributed by atoms with Gasteiger partial charge in [-0.05, 0) is 19.1 Å².